The highest BCUT2D eigenvalue weighted by molar-refractivity contribution is 6.31. The van der Waals surface area contributed by atoms with E-state index in [4.69, 9.17) is 16.3 Å². The molecule has 142 valence electrons. The summed E-state index contributed by atoms with van der Waals surface area (Å²) in [6, 6.07) is 12.3. The Morgan fingerprint density at radius 3 is 2.32 bits per heavy atom. The van der Waals surface area contributed by atoms with Gasteiger partial charge in [-0.1, -0.05) is 29.8 Å². The molecule has 1 saturated heterocycles. The summed E-state index contributed by atoms with van der Waals surface area (Å²) in [5.41, 5.74) is 0.714. The van der Waals surface area contributed by atoms with Gasteiger partial charge in [-0.05, 0) is 36.4 Å². The number of anilines is 1. The second kappa shape index (κ2) is 8.36. The molecule has 1 aliphatic rings. The first-order chi connectivity index (χ1) is 13.4. The quantitative estimate of drug-likeness (QED) is 0.526. The standard InChI is InChI=1S/C19H14ClN3O5/c20-12-5-7-13(8-6-12)21-16(24)10-28-15-4-2-1-3-11(15)9-14-17(25)22-19(27)23-18(14)26/h1-9H,10H2,(H,21,24)(H2,22,23,25,26,27). The number of hydrogen-bond acceptors (Lipinski definition) is 5. The average Bonchev–Trinajstić information content (AvgIpc) is 2.65. The van der Waals surface area contributed by atoms with Gasteiger partial charge in [-0.15, -0.1) is 0 Å². The van der Waals surface area contributed by atoms with Gasteiger partial charge in [0.1, 0.15) is 11.3 Å². The molecule has 2 aromatic carbocycles. The fraction of sp³-hybridized carbons (Fsp3) is 0.0526. The summed E-state index contributed by atoms with van der Waals surface area (Å²) in [5.74, 6) is -1.74. The van der Waals surface area contributed by atoms with E-state index in [0.717, 1.165) is 0 Å². The van der Waals surface area contributed by atoms with E-state index in [2.05, 4.69) is 5.32 Å². The maximum atomic E-state index is 12.1. The monoisotopic (exact) mass is 399 g/mol. The van der Waals surface area contributed by atoms with E-state index in [1.807, 2.05) is 10.6 Å². The molecule has 5 amide bonds. The number of barbiturate groups is 1. The Morgan fingerprint density at radius 2 is 1.64 bits per heavy atom. The zero-order valence-electron chi connectivity index (χ0n) is 14.3. The van der Waals surface area contributed by atoms with Crippen molar-refractivity contribution in [1.29, 1.82) is 0 Å². The molecule has 1 heterocycles. The molecule has 3 rings (SSSR count). The number of carbonyl (C=O) groups excluding carboxylic acids is 4. The van der Waals surface area contributed by atoms with E-state index in [1.54, 1.807) is 48.5 Å². The lowest BCUT2D eigenvalue weighted by Gasteiger charge is -2.15. The van der Waals surface area contributed by atoms with Crippen LogP contribution in [0.2, 0.25) is 5.02 Å². The SMILES string of the molecule is O=C(COc1ccccc1C=C1C(=O)NC(=O)NC1=O)Nc1ccc(Cl)cc1. The molecule has 3 N–H and O–H groups in total. The Morgan fingerprint density at radius 1 is 1.00 bits per heavy atom. The number of imide groups is 2. The Bertz CT molecular complexity index is 963. The van der Waals surface area contributed by atoms with Crippen molar-refractivity contribution in [1.82, 2.24) is 10.6 Å². The predicted octanol–water partition coefficient (Wildman–Crippen LogP) is 2.11. The Balaban J connectivity index is 1.70. The minimum absolute atomic E-state index is 0.249. The summed E-state index contributed by atoms with van der Waals surface area (Å²) < 4.78 is 5.51. The molecular weight excluding hydrogens is 386 g/mol. The molecule has 0 atom stereocenters. The Hall–Kier alpha value is -3.65. The average molecular weight is 400 g/mol. The molecule has 0 radical (unpaired) electrons. The van der Waals surface area contributed by atoms with Crippen LogP contribution in [0, 0.1) is 0 Å². The second-order valence-corrected chi connectivity index (χ2v) is 6.11. The second-order valence-electron chi connectivity index (χ2n) is 5.68. The van der Waals surface area contributed by atoms with E-state index in [9.17, 15) is 19.2 Å². The van der Waals surface area contributed by atoms with Crippen molar-refractivity contribution in [3.05, 3.63) is 64.7 Å². The molecule has 1 fully saturated rings. The van der Waals surface area contributed by atoms with Crippen molar-refractivity contribution in [3.63, 3.8) is 0 Å². The van der Waals surface area contributed by atoms with Gasteiger partial charge in [0, 0.05) is 16.3 Å². The number of urea groups is 1. The third kappa shape index (κ3) is 4.74. The first kappa shape index (κ1) is 19.1. The zero-order valence-corrected chi connectivity index (χ0v) is 15.1. The van der Waals surface area contributed by atoms with Crippen LogP contribution < -0.4 is 20.7 Å². The van der Waals surface area contributed by atoms with Crippen LogP contribution in [0.25, 0.3) is 6.08 Å². The Kier molecular flexibility index (Phi) is 5.71. The molecule has 0 aliphatic carbocycles. The number of halogens is 1. The van der Waals surface area contributed by atoms with Crippen LogP contribution in [0.5, 0.6) is 5.75 Å². The van der Waals surface area contributed by atoms with Gasteiger partial charge >= 0.3 is 6.03 Å². The Labute approximate surface area is 164 Å². The van der Waals surface area contributed by atoms with E-state index in [0.29, 0.717) is 22.0 Å². The number of amides is 5. The van der Waals surface area contributed by atoms with Crippen LogP contribution >= 0.6 is 11.6 Å². The minimum Gasteiger partial charge on any atom is -0.483 e. The number of carbonyl (C=O) groups is 4. The number of hydrogen-bond donors (Lipinski definition) is 3. The summed E-state index contributed by atoms with van der Waals surface area (Å²) in [7, 11) is 0. The molecule has 0 spiro atoms. The van der Waals surface area contributed by atoms with Gasteiger partial charge in [-0.3, -0.25) is 25.0 Å². The molecule has 1 aliphatic heterocycles. The molecule has 2 aromatic rings. The number of nitrogens with one attached hydrogen (secondary N) is 3. The molecular formula is C19H14ClN3O5. The summed E-state index contributed by atoms with van der Waals surface area (Å²) in [5, 5.41) is 7.18. The van der Waals surface area contributed by atoms with Crippen molar-refractivity contribution >= 4 is 47.1 Å². The van der Waals surface area contributed by atoms with Crippen molar-refractivity contribution < 1.29 is 23.9 Å². The first-order valence-electron chi connectivity index (χ1n) is 8.08. The number of benzene rings is 2. The van der Waals surface area contributed by atoms with Gasteiger partial charge in [0.2, 0.25) is 0 Å². The van der Waals surface area contributed by atoms with Gasteiger partial charge in [-0.2, -0.15) is 0 Å². The normalized spacial score (nSPS) is 13.5. The maximum Gasteiger partial charge on any atom is 0.328 e. The zero-order chi connectivity index (χ0) is 20.1. The summed E-state index contributed by atoms with van der Waals surface area (Å²) >= 11 is 5.80. The lowest BCUT2D eigenvalue weighted by molar-refractivity contribution is -0.124. The van der Waals surface area contributed by atoms with Gasteiger partial charge in [-0.25, -0.2) is 4.79 Å². The first-order valence-corrected chi connectivity index (χ1v) is 8.46. The van der Waals surface area contributed by atoms with E-state index < -0.39 is 23.8 Å². The molecule has 0 saturated carbocycles. The van der Waals surface area contributed by atoms with Crippen LogP contribution in [-0.4, -0.2) is 30.4 Å². The topological polar surface area (TPSA) is 114 Å². The number of rotatable bonds is 5. The van der Waals surface area contributed by atoms with E-state index in [-0.39, 0.29) is 12.2 Å². The van der Waals surface area contributed by atoms with Gasteiger partial charge in [0.05, 0.1) is 0 Å². The third-order valence-corrected chi connectivity index (χ3v) is 3.90. The van der Waals surface area contributed by atoms with Crippen LogP contribution in [0.4, 0.5) is 10.5 Å². The van der Waals surface area contributed by atoms with E-state index in [1.165, 1.54) is 6.08 Å². The predicted molar refractivity (Wildman–Crippen MR) is 102 cm³/mol. The van der Waals surface area contributed by atoms with E-state index >= 15 is 0 Å². The molecule has 9 heteroatoms. The van der Waals surface area contributed by atoms with Crippen molar-refractivity contribution in [2.24, 2.45) is 0 Å². The van der Waals surface area contributed by atoms with Crippen LogP contribution in [0.3, 0.4) is 0 Å². The lowest BCUT2D eigenvalue weighted by Crippen LogP contribution is -2.51. The van der Waals surface area contributed by atoms with Crippen LogP contribution in [0.15, 0.2) is 54.1 Å². The summed E-state index contributed by atoms with van der Waals surface area (Å²) in [6.45, 7) is -0.292. The van der Waals surface area contributed by atoms with Crippen molar-refractivity contribution in [3.8, 4) is 5.75 Å². The smallest absolute Gasteiger partial charge is 0.328 e. The van der Waals surface area contributed by atoms with Crippen molar-refractivity contribution in [2.45, 2.75) is 0 Å². The molecule has 28 heavy (non-hydrogen) atoms. The largest absolute Gasteiger partial charge is 0.483 e. The van der Waals surface area contributed by atoms with Crippen molar-refractivity contribution in [2.75, 3.05) is 11.9 Å². The van der Waals surface area contributed by atoms with Gasteiger partial charge < -0.3 is 10.1 Å². The fourth-order valence-corrected chi connectivity index (χ4v) is 2.49. The molecule has 0 bridgehead atoms. The van der Waals surface area contributed by atoms with Gasteiger partial charge in [0.15, 0.2) is 6.61 Å². The minimum atomic E-state index is -0.879. The lowest BCUT2D eigenvalue weighted by atomic mass is 10.1. The fourth-order valence-electron chi connectivity index (χ4n) is 2.37. The third-order valence-electron chi connectivity index (χ3n) is 3.65. The van der Waals surface area contributed by atoms with Crippen LogP contribution in [0.1, 0.15) is 5.56 Å². The molecule has 8 nitrogen and oxygen atoms in total. The summed E-state index contributed by atoms with van der Waals surface area (Å²) in [4.78, 5) is 46.9. The summed E-state index contributed by atoms with van der Waals surface area (Å²) in [6.07, 6.45) is 1.28. The molecule has 0 unspecified atom stereocenters. The number of para-hydroxylation sites is 1. The highest BCUT2D eigenvalue weighted by Gasteiger charge is 2.28. The maximum absolute atomic E-state index is 12.1. The highest BCUT2D eigenvalue weighted by atomic mass is 35.5. The highest BCUT2D eigenvalue weighted by Crippen LogP contribution is 2.22. The van der Waals surface area contributed by atoms with Crippen LogP contribution in [-0.2, 0) is 14.4 Å². The number of ether oxygens (including phenoxy) is 1. The van der Waals surface area contributed by atoms with Gasteiger partial charge in [0.25, 0.3) is 17.7 Å². The molecule has 0 aromatic heterocycles.